The number of carbonyl (C=O) groups is 1. The van der Waals surface area contributed by atoms with Gasteiger partial charge in [-0.3, -0.25) is 4.79 Å². The maximum atomic E-state index is 13.2. The minimum absolute atomic E-state index is 0.186. The van der Waals surface area contributed by atoms with Crippen LogP contribution in [0.4, 0.5) is 5.69 Å². The Morgan fingerprint density at radius 3 is 2.60 bits per heavy atom. The van der Waals surface area contributed by atoms with Gasteiger partial charge < -0.3 is 20.4 Å². The Labute approximate surface area is 178 Å². The van der Waals surface area contributed by atoms with Crippen molar-refractivity contribution in [2.75, 3.05) is 25.9 Å². The molecule has 2 aromatic rings. The van der Waals surface area contributed by atoms with Crippen LogP contribution < -0.4 is 15.8 Å². The van der Waals surface area contributed by atoms with E-state index in [1.54, 1.807) is 30.7 Å². The van der Waals surface area contributed by atoms with Crippen LogP contribution in [0.1, 0.15) is 41.5 Å². The molecule has 0 unspecified atom stereocenters. The van der Waals surface area contributed by atoms with Crippen LogP contribution in [-0.2, 0) is 23.6 Å². The SMILES string of the molecule is COc1c(N)cccc1CNC(=O)c1cc(S(=O)(=O)N2CCC(C)CC2)c(C)n1C. The molecule has 1 aliphatic rings. The van der Waals surface area contributed by atoms with E-state index in [-0.39, 0.29) is 17.3 Å². The zero-order valence-electron chi connectivity index (χ0n) is 17.9. The molecule has 0 aliphatic carbocycles. The van der Waals surface area contributed by atoms with Crippen molar-refractivity contribution in [1.82, 2.24) is 14.2 Å². The molecule has 3 N–H and O–H groups in total. The molecule has 30 heavy (non-hydrogen) atoms. The largest absolute Gasteiger partial charge is 0.494 e. The van der Waals surface area contributed by atoms with E-state index in [9.17, 15) is 13.2 Å². The molecule has 0 radical (unpaired) electrons. The predicted octanol–water partition coefficient (Wildman–Crippen LogP) is 2.27. The van der Waals surface area contributed by atoms with E-state index in [4.69, 9.17) is 10.5 Å². The first-order chi connectivity index (χ1) is 14.2. The number of benzene rings is 1. The maximum absolute atomic E-state index is 13.2. The standard InChI is InChI=1S/C21H30N4O4S/c1-14-8-10-25(11-9-14)30(27,28)19-12-18(24(3)15(19)2)21(26)23-13-16-6-5-7-17(22)20(16)29-4/h5-7,12,14H,8-11,13,22H2,1-4H3,(H,23,26). The van der Waals surface area contributed by atoms with Crippen LogP contribution in [0.15, 0.2) is 29.2 Å². The number of para-hydroxylation sites is 1. The predicted molar refractivity (Wildman–Crippen MR) is 116 cm³/mol. The summed E-state index contributed by atoms with van der Waals surface area (Å²) in [6.07, 6.45) is 1.70. The molecule has 1 aliphatic heterocycles. The number of amides is 1. The molecule has 0 atom stereocenters. The van der Waals surface area contributed by atoms with Gasteiger partial charge in [0.2, 0.25) is 10.0 Å². The van der Waals surface area contributed by atoms with Crippen molar-refractivity contribution >= 4 is 21.6 Å². The lowest BCUT2D eigenvalue weighted by Gasteiger charge is -2.29. The third-order valence-corrected chi connectivity index (χ3v) is 7.87. The Balaban J connectivity index is 1.81. The summed E-state index contributed by atoms with van der Waals surface area (Å²) in [6.45, 7) is 5.08. The lowest BCUT2D eigenvalue weighted by Crippen LogP contribution is -2.38. The van der Waals surface area contributed by atoms with Crippen molar-refractivity contribution in [3.05, 3.63) is 41.2 Å². The van der Waals surface area contributed by atoms with Gasteiger partial charge in [0.15, 0.2) is 0 Å². The van der Waals surface area contributed by atoms with Crippen LogP contribution in [0.5, 0.6) is 5.75 Å². The smallest absolute Gasteiger partial charge is 0.268 e. The van der Waals surface area contributed by atoms with Crippen molar-refractivity contribution < 1.29 is 17.9 Å². The second kappa shape index (κ2) is 8.69. The van der Waals surface area contributed by atoms with Gasteiger partial charge >= 0.3 is 0 Å². The van der Waals surface area contributed by atoms with E-state index in [1.807, 2.05) is 6.07 Å². The van der Waals surface area contributed by atoms with Gasteiger partial charge in [0, 0.05) is 37.9 Å². The van der Waals surface area contributed by atoms with E-state index in [2.05, 4.69) is 12.2 Å². The fourth-order valence-corrected chi connectivity index (χ4v) is 5.51. The zero-order valence-corrected chi connectivity index (χ0v) is 18.8. The molecule has 2 heterocycles. The molecular formula is C21H30N4O4S. The molecule has 1 aromatic carbocycles. The Bertz CT molecular complexity index is 1040. The summed E-state index contributed by atoms with van der Waals surface area (Å²) < 4.78 is 34.8. The van der Waals surface area contributed by atoms with Crippen molar-refractivity contribution in [2.24, 2.45) is 13.0 Å². The number of piperidine rings is 1. The quantitative estimate of drug-likeness (QED) is 0.679. The van der Waals surface area contributed by atoms with E-state index < -0.39 is 10.0 Å². The van der Waals surface area contributed by atoms with Gasteiger partial charge in [-0.15, -0.1) is 0 Å². The number of hydrogen-bond acceptors (Lipinski definition) is 5. The summed E-state index contributed by atoms with van der Waals surface area (Å²) in [7, 11) is -0.418. The molecule has 1 fully saturated rings. The third-order valence-electron chi connectivity index (χ3n) is 5.85. The highest BCUT2D eigenvalue weighted by Crippen LogP contribution is 2.28. The highest BCUT2D eigenvalue weighted by atomic mass is 32.2. The Hall–Kier alpha value is -2.52. The van der Waals surface area contributed by atoms with Crippen LogP contribution in [-0.4, -0.2) is 43.4 Å². The Kier molecular flexibility index (Phi) is 6.42. The minimum atomic E-state index is -3.64. The number of methoxy groups -OCH3 is 1. The van der Waals surface area contributed by atoms with Gasteiger partial charge in [-0.2, -0.15) is 4.31 Å². The van der Waals surface area contributed by atoms with Crippen LogP contribution >= 0.6 is 0 Å². The lowest BCUT2D eigenvalue weighted by molar-refractivity contribution is 0.0942. The van der Waals surface area contributed by atoms with E-state index in [0.29, 0.717) is 41.8 Å². The molecule has 1 aromatic heterocycles. The number of ether oxygens (including phenoxy) is 1. The molecule has 9 heteroatoms. The topological polar surface area (TPSA) is 107 Å². The summed E-state index contributed by atoms with van der Waals surface area (Å²) in [5.74, 6) is 0.681. The maximum Gasteiger partial charge on any atom is 0.268 e. The number of aromatic nitrogens is 1. The molecule has 0 spiro atoms. The number of anilines is 1. The summed E-state index contributed by atoms with van der Waals surface area (Å²) in [4.78, 5) is 13.0. The third kappa shape index (κ3) is 4.17. The molecule has 3 rings (SSSR count). The van der Waals surface area contributed by atoms with Crippen molar-refractivity contribution in [2.45, 2.75) is 38.1 Å². The summed E-state index contributed by atoms with van der Waals surface area (Å²) in [5, 5.41) is 2.83. The highest BCUT2D eigenvalue weighted by Gasteiger charge is 2.32. The fraction of sp³-hybridized carbons (Fsp3) is 0.476. The van der Waals surface area contributed by atoms with E-state index >= 15 is 0 Å². The normalized spacial score (nSPS) is 15.9. The lowest BCUT2D eigenvalue weighted by atomic mass is 10.0. The van der Waals surface area contributed by atoms with Gasteiger partial charge in [-0.05, 0) is 37.8 Å². The first-order valence-electron chi connectivity index (χ1n) is 10.0. The molecule has 0 saturated carbocycles. The van der Waals surface area contributed by atoms with Crippen LogP contribution in [0.25, 0.3) is 0 Å². The fourth-order valence-electron chi connectivity index (χ4n) is 3.77. The first-order valence-corrected chi connectivity index (χ1v) is 11.5. The molecule has 0 bridgehead atoms. The Morgan fingerprint density at radius 1 is 1.30 bits per heavy atom. The van der Waals surface area contributed by atoms with Crippen LogP contribution in [0.2, 0.25) is 0 Å². The van der Waals surface area contributed by atoms with Gasteiger partial charge in [0.25, 0.3) is 5.91 Å². The van der Waals surface area contributed by atoms with Crippen molar-refractivity contribution in [3.8, 4) is 5.75 Å². The molecule has 8 nitrogen and oxygen atoms in total. The van der Waals surface area contributed by atoms with Crippen LogP contribution in [0, 0.1) is 12.8 Å². The number of carbonyl (C=O) groups excluding carboxylic acids is 1. The van der Waals surface area contributed by atoms with Crippen molar-refractivity contribution in [3.63, 3.8) is 0 Å². The molecule has 1 saturated heterocycles. The number of nitrogens with one attached hydrogen (secondary N) is 1. The van der Waals surface area contributed by atoms with Gasteiger partial charge in [-0.1, -0.05) is 19.1 Å². The number of nitrogens with zero attached hydrogens (tertiary/aromatic N) is 2. The molecule has 1 amide bonds. The molecular weight excluding hydrogens is 404 g/mol. The Morgan fingerprint density at radius 2 is 1.97 bits per heavy atom. The second-order valence-corrected chi connectivity index (χ2v) is 9.75. The summed E-state index contributed by atoms with van der Waals surface area (Å²) in [5.41, 5.74) is 7.98. The highest BCUT2D eigenvalue weighted by molar-refractivity contribution is 7.89. The first kappa shape index (κ1) is 22.2. The molecule has 164 valence electrons. The number of hydrogen-bond donors (Lipinski definition) is 2. The minimum Gasteiger partial charge on any atom is -0.494 e. The monoisotopic (exact) mass is 434 g/mol. The summed E-state index contributed by atoms with van der Waals surface area (Å²) >= 11 is 0. The number of nitrogen functional groups attached to an aromatic ring is 1. The number of rotatable bonds is 6. The number of nitrogens with two attached hydrogens (primary N) is 1. The van der Waals surface area contributed by atoms with Crippen LogP contribution in [0.3, 0.4) is 0 Å². The van der Waals surface area contributed by atoms with E-state index in [0.717, 1.165) is 18.4 Å². The van der Waals surface area contributed by atoms with Crippen molar-refractivity contribution in [1.29, 1.82) is 0 Å². The zero-order chi connectivity index (χ0) is 22.1. The van der Waals surface area contributed by atoms with E-state index in [1.165, 1.54) is 17.5 Å². The summed E-state index contributed by atoms with van der Waals surface area (Å²) in [6, 6.07) is 6.80. The van der Waals surface area contributed by atoms with Gasteiger partial charge in [0.05, 0.1) is 12.8 Å². The van der Waals surface area contributed by atoms with Gasteiger partial charge in [0.1, 0.15) is 16.3 Å². The number of sulfonamides is 1. The van der Waals surface area contributed by atoms with Gasteiger partial charge in [-0.25, -0.2) is 8.42 Å². The average molecular weight is 435 g/mol. The average Bonchev–Trinajstić information content (AvgIpc) is 3.02. The second-order valence-electron chi connectivity index (χ2n) is 7.85.